The third-order valence-electron chi connectivity index (χ3n) is 2.96. The van der Waals surface area contributed by atoms with Crippen molar-refractivity contribution in [2.24, 2.45) is 0 Å². The summed E-state index contributed by atoms with van der Waals surface area (Å²) in [4.78, 5) is 1.46. The Morgan fingerprint density at radius 2 is 1.74 bits per heavy atom. The Labute approximate surface area is 110 Å². The summed E-state index contributed by atoms with van der Waals surface area (Å²) in [6.07, 6.45) is 2.37. The van der Waals surface area contributed by atoms with Crippen LogP contribution < -0.4 is 0 Å². The summed E-state index contributed by atoms with van der Waals surface area (Å²) < 4.78 is 0. The average Bonchev–Trinajstić information content (AvgIpc) is 2.85. The van der Waals surface area contributed by atoms with Crippen LogP contribution in [0.15, 0.2) is 55.1 Å². The van der Waals surface area contributed by atoms with Crippen molar-refractivity contribution in [3.63, 3.8) is 0 Å². The maximum Gasteiger partial charge on any atom is 0.146 e. The number of nitrogens with zero attached hydrogens (tertiary/aromatic N) is 3. The predicted molar refractivity (Wildman–Crippen MR) is 74.4 cm³/mol. The Bertz CT molecular complexity index is 713. The van der Waals surface area contributed by atoms with Crippen molar-refractivity contribution in [2.45, 2.75) is 6.42 Å². The molecule has 0 amide bonds. The number of fused-ring (bicyclic) bond motifs is 1. The van der Waals surface area contributed by atoms with Gasteiger partial charge in [0, 0.05) is 0 Å². The standard InChI is InChI=1S/C15H13N3O/c1-2-6-11-7-5-10-14(15(11)19)18-16-12-8-3-4-9-13(12)17-18/h2-5,7-10,19H,1,6H2. The van der Waals surface area contributed by atoms with E-state index in [1.807, 2.05) is 36.4 Å². The highest BCUT2D eigenvalue weighted by Gasteiger charge is 2.10. The maximum atomic E-state index is 10.2. The number of allylic oxidation sites excluding steroid dienone is 1. The van der Waals surface area contributed by atoms with Crippen molar-refractivity contribution in [1.29, 1.82) is 0 Å². The van der Waals surface area contributed by atoms with E-state index in [0.29, 0.717) is 12.1 Å². The van der Waals surface area contributed by atoms with Gasteiger partial charge in [-0.25, -0.2) is 0 Å². The Kier molecular flexibility index (Phi) is 2.76. The highest BCUT2D eigenvalue weighted by molar-refractivity contribution is 5.73. The summed E-state index contributed by atoms with van der Waals surface area (Å²) in [5.41, 5.74) is 3.00. The molecule has 0 aliphatic carbocycles. The van der Waals surface area contributed by atoms with Crippen molar-refractivity contribution in [3.05, 3.63) is 60.7 Å². The van der Waals surface area contributed by atoms with E-state index in [0.717, 1.165) is 16.6 Å². The van der Waals surface area contributed by atoms with Gasteiger partial charge in [-0.05, 0) is 30.2 Å². The first-order chi connectivity index (χ1) is 9.29. The van der Waals surface area contributed by atoms with Crippen molar-refractivity contribution < 1.29 is 5.11 Å². The van der Waals surface area contributed by atoms with Gasteiger partial charge < -0.3 is 5.11 Å². The molecule has 0 saturated heterocycles. The van der Waals surface area contributed by atoms with Crippen LogP contribution >= 0.6 is 0 Å². The minimum atomic E-state index is 0.197. The maximum absolute atomic E-state index is 10.2. The minimum absolute atomic E-state index is 0.197. The van der Waals surface area contributed by atoms with Crippen LogP contribution in [-0.2, 0) is 6.42 Å². The van der Waals surface area contributed by atoms with Crippen LogP contribution in [0.3, 0.4) is 0 Å². The number of aromatic nitrogens is 3. The molecule has 0 radical (unpaired) electrons. The largest absolute Gasteiger partial charge is 0.505 e. The van der Waals surface area contributed by atoms with Crippen LogP contribution in [0.1, 0.15) is 5.56 Å². The molecule has 0 bridgehead atoms. The Morgan fingerprint density at radius 1 is 1.05 bits per heavy atom. The molecule has 0 aliphatic rings. The number of phenolic OH excluding ortho intramolecular Hbond substituents is 1. The third kappa shape index (κ3) is 1.97. The van der Waals surface area contributed by atoms with E-state index in [1.54, 1.807) is 12.1 Å². The Balaban J connectivity index is 2.15. The van der Waals surface area contributed by atoms with Crippen molar-refractivity contribution >= 4 is 11.0 Å². The van der Waals surface area contributed by atoms with Gasteiger partial charge in [0.15, 0.2) is 0 Å². The number of rotatable bonds is 3. The summed E-state index contributed by atoms with van der Waals surface area (Å²) in [5.74, 6) is 0.197. The predicted octanol–water partition coefficient (Wildman–Crippen LogP) is 2.85. The summed E-state index contributed by atoms with van der Waals surface area (Å²) in [5, 5.41) is 19.0. The van der Waals surface area contributed by atoms with Crippen LogP contribution in [0, 0.1) is 0 Å². The average molecular weight is 251 g/mol. The molecule has 3 aromatic rings. The SMILES string of the molecule is C=CCc1cccc(-n2nc3ccccc3n2)c1O. The Morgan fingerprint density at radius 3 is 2.37 bits per heavy atom. The molecule has 1 heterocycles. The lowest BCUT2D eigenvalue weighted by Gasteiger charge is -2.06. The lowest BCUT2D eigenvalue weighted by atomic mass is 10.1. The monoisotopic (exact) mass is 251 g/mol. The van der Waals surface area contributed by atoms with Gasteiger partial charge in [0.2, 0.25) is 0 Å². The van der Waals surface area contributed by atoms with Gasteiger partial charge in [0.25, 0.3) is 0 Å². The number of benzene rings is 2. The third-order valence-corrected chi connectivity index (χ3v) is 2.96. The number of hydrogen-bond acceptors (Lipinski definition) is 3. The van der Waals surface area contributed by atoms with Gasteiger partial charge in [-0.1, -0.05) is 30.3 Å². The molecule has 19 heavy (non-hydrogen) atoms. The van der Waals surface area contributed by atoms with E-state index >= 15 is 0 Å². The molecule has 0 fully saturated rings. The lowest BCUT2D eigenvalue weighted by molar-refractivity contribution is 0.462. The molecule has 1 N–H and O–H groups in total. The summed E-state index contributed by atoms with van der Waals surface area (Å²) in [6.45, 7) is 3.69. The first-order valence-corrected chi connectivity index (χ1v) is 6.04. The molecule has 2 aromatic carbocycles. The zero-order chi connectivity index (χ0) is 13.2. The zero-order valence-corrected chi connectivity index (χ0v) is 10.3. The second-order valence-corrected chi connectivity index (χ2v) is 4.26. The minimum Gasteiger partial charge on any atom is -0.505 e. The fourth-order valence-electron chi connectivity index (χ4n) is 2.03. The quantitative estimate of drug-likeness (QED) is 0.728. The molecule has 0 unspecified atom stereocenters. The van der Waals surface area contributed by atoms with Crippen LogP contribution in [0.2, 0.25) is 0 Å². The molecule has 0 saturated carbocycles. The molecule has 0 aliphatic heterocycles. The molecular weight excluding hydrogens is 238 g/mol. The molecule has 3 rings (SSSR count). The first-order valence-electron chi connectivity index (χ1n) is 6.04. The second kappa shape index (κ2) is 4.57. The van der Waals surface area contributed by atoms with E-state index in [4.69, 9.17) is 0 Å². The van der Waals surface area contributed by atoms with Crippen LogP contribution in [0.4, 0.5) is 0 Å². The van der Waals surface area contributed by atoms with Crippen LogP contribution in [0.25, 0.3) is 16.7 Å². The summed E-state index contributed by atoms with van der Waals surface area (Å²) in [6, 6.07) is 13.1. The molecule has 4 nitrogen and oxygen atoms in total. The van der Waals surface area contributed by atoms with Crippen molar-refractivity contribution in [1.82, 2.24) is 15.0 Å². The van der Waals surface area contributed by atoms with Gasteiger partial charge in [0.05, 0.1) is 0 Å². The topological polar surface area (TPSA) is 50.9 Å². The smallest absolute Gasteiger partial charge is 0.146 e. The normalized spacial score (nSPS) is 10.7. The van der Waals surface area contributed by atoms with Crippen molar-refractivity contribution in [3.8, 4) is 11.4 Å². The van der Waals surface area contributed by atoms with E-state index in [1.165, 1.54) is 4.80 Å². The molecule has 0 spiro atoms. The van der Waals surface area contributed by atoms with Gasteiger partial charge in [-0.15, -0.1) is 21.6 Å². The van der Waals surface area contributed by atoms with Gasteiger partial charge in [0.1, 0.15) is 22.5 Å². The number of aromatic hydroxyl groups is 1. The summed E-state index contributed by atoms with van der Waals surface area (Å²) in [7, 11) is 0. The zero-order valence-electron chi connectivity index (χ0n) is 10.3. The number of para-hydroxylation sites is 1. The highest BCUT2D eigenvalue weighted by atomic mass is 16.3. The second-order valence-electron chi connectivity index (χ2n) is 4.26. The summed E-state index contributed by atoms with van der Waals surface area (Å²) >= 11 is 0. The van der Waals surface area contributed by atoms with Crippen molar-refractivity contribution in [2.75, 3.05) is 0 Å². The van der Waals surface area contributed by atoms with E-state index < -0.39 is 0 Å². The lowest BCUT2D eigenvalue weighted by Crippen LogP contribution is -2.00. The van der Waals surface area contributed by atoms with E-state index in [-0.39, 0.29) is 5.75 Å². The van der Waals surface area contributed by atoms with Gasteiger partial charge >= 0.3 is 0 Å². The van der Waals surface area contributed by atoms with E-state index in [9.17, 15) is 5.11 Å². The molecule has 4 heteroatoms. The van der Waals surface area contributed by atoms with Gasteiger partial charge in [-0.2, -0.15) is 0 Å². The number of phenols is 1. The fraction of sp³-hybridized carbons (Fsp3) is 0.0667. The first kappa shape index (κ1) is 11.5. The molecular formula is C15H13N3O. The van der Waals surface area contributed by atoms with Crippen LogP contribution in [0.5, 0.6) is 5.75 Å². The van der Waals surface area contributed by atoms with E-state index in [2.05, 4.69) is 16.8 Å². The molecule has 1 aromatic heterocycles. The Hall–Kier alpha value is -2.62. The fourth-order valence-corrected chi connectivity index (χ4v) is 2.03. The molecule has 94 valence electrons. The van der Waals surface area contributed by atoms with Crippen LogP contribution in [-0.4, -0.2) is 20.1 Å². The highest BCUT2D eigenvalue weighted by Crippen LogP contribution is 2.26. The molecule has 0 atom stereocenters. The number of hydrogen-bond donors (Lipinski definition) is 1. The van der Waals surface area contributed by atoms with Gasteiger partial charge in [-0.3, -0.25) is 0 Å².